The molecular formula is C13H16N4O2. The van der Waals surface area contributed by atoms with Crippen molar-refractivity contribution in [3.8, 4) is 5.75 Å². The Bertz CT molecular complexity index is 534. The number of nitrogen functional groups attached to an aromatic ring is 1. The SMILES string of the molecule is NNc1nccc(COc2ccccc2CCO)n1. The number of aromatic nitrogens is 2. The van der Waals surface area contributed by atoms with E-state index in [2.05, 4.69) is 15.4 Å². The van der Waals surface area contributed by atoms with Gasteiger partial charge in [0, 0.05) is 12.8 Å². The molecule has 1 aromatic heterocycles. The fraction of sp³-hybridized carbons (Fsp3) is 0.231. The van der Waals surface area contributed by atoms with E-state index in [1.54, 1.807) is 12.3 Å². The van der Waals surface area contributed by atoms with Crippen molar-refractivity contribution in [3.63, 3.8) is 0 Å². The van der Waals surface area contributed by atoms with Gasteiger partial charge in [-0.25, -0.2) is 15.8 Å². The van der Waals surface area contributed by atoms with Crippen LogP contribution in [0.5, 0.6) is 5.75 Å². The number of nitrogens with one attached hydrogen (secondary N) is 1. The average Bonchev–Trinajstić information content (AvgIpc) is 2.47. The van der Waals surface area contributed by atoms with Gasteiger partial charge in [0.15, 0.2) is 0 Å². The van der Waals surface area contributed by atoms with E-state index >= 15 is 0 Å². The molecule has 1 aromatic carbocycles. The average molecular weight is 260 g/mol. The molecule has 0 unspecified atom stereocenters. The van der Waals surface area contributed by atoms with E-state index in [-0.39, 0.29) is 6.61 Å². The number of anilines is 1. The number of nitrogens with two attached hydrogens (primary N) is 1. The Hall–Kier alpha value is -2.18. The monoisotopic (exact) mass is 260 g/mol. The van der Waals surface area contributed by atoms with Crippen LogP contribution in [-0.4, -0.2) is 21.7 Å². The van der Waals surface area contributed by atoms with Gasteiger partial charge in [-0.3, -0.25) is 5.43 Å². The maximum Gasteiger partial charge on any atom is 0.237 e. The van der Waals surface area contributed by atoms with Crippen molar-refractivity contribution in [2.24, 2.45) is 5.84 Å². The Morgan fingerprint density at radius 3 is 2.89 bits per heavy atom. The molecule has 0 atom stereocenters. The van der Waals surface area contributed by atoms with Crippen LogP contribution >= 0.6 is 0 Å². The molecule has 0 spiro atoms. The molecule has 2 aromatic rings. The first kappa shape index (κ1) is 13.3. The molecule has 6 heteroatoms. The van der Waals surface area contributed by atoms with E-state index in [1.807, 2.05) is 24.3 Å². The summed E-state index contributed by atoms with van der Waals surface area (Å²) >= 11 is 0. The second-order valence-electron chi connectivity index (χ2n) is 3.89. The van der Waals surface area contributed by atoms with E-state index in [0.29, 0.717) is 19.0 Å². The van der Waals surface area contributed by atoms with E-state index in [9.17, 15) is 0 Å². The first-order valence-electron chi connectivity index (χ1n) is 5.93. The summed E-state index contributed by atoms with van der Waals surface area (Å²) in [7, 11) is 0. The van der Waals surface area contributed by atoms with Crippen LogP contribution in [0.3, 0.4) is 0 Å². The summed E-state index contributed by atoms with van der Waals surface area (Å²) in [6, 6.07) is 9.37. The molecule has 0 radical (unpaired) electrons. The zero-order valence-electron chi connectivity index (χ0n) is 10.4. The molecule has 0 amide bonds. The minimum Gasteiger partial charge on any atom is -0.487 e. The second kappa shape index (κ2) is 6.67. The number of nitrogens with zero attached hydrogens (tertiary/aromatic N) is 2. The third kappa shape index (κ3) is 3.64. The van der Waals surface area contributed by atoms with E-state index in [1.165, 1.54) is 0 Å². The normalized spacial score (nSPS) is 10.2. The van der Waals surface area contributed by atoms with Gasteiger partial charge < -0.3 is 9.84 Å². The molecule has 0 aliphatic rings. The summed E-state index contributed by atoms with van der Waals surface area (Å²) < 4.78 is 5.71. The molecular weight excluding hydrogens is 244 g/mol. The van der Waals surface area contributed by atoms with E-state index in [0.717, 1.165) is 17.0 Å². The predicted molar refractivity (Wildman–Crippen MR) is 71.4 cm³/mol. The number of aliphatic hydroxyl groups excluding tert-OH is 1. The Balaban J connectivity index is 2.05. The largest absolute Gasteiger partial charge is 0.487 e. The van der Waals surface area contributed by atoms with Gasteiger partial charge >= 0.3 is 0 Å². The molecule has 0 aliphatic heterocycles. The van der Waals surface area contributed by atoms with Crippen molar-refractivity contribution in [2.75, 3.05) is 12.0 Å². The summed E-state index contributed by atoms with van der Waals surface area (Å²) in [5, 5.41) is 9.00. The molecule has 1 heterocycles. The lowest BCUT2D eigenvalue weighted by molar-refractivity contribution is 0.282. The summed E-state index contributed by atoms with van der Waals surface area (Å²) in [6.07, 6.45) is 2.18. The molecule has 0 saturated heterocycles. The molecule has 0 fully saturated rings. The maximum absolute atomic E-state index is 9.00. The number of hydrazine groups is 1. The highest BCUT2D eigenvalue weighted by Gasteiger charge is 2.04. The number of hydrogen-bond donors (Lipinski definition) is 3. The molecule has 0 aliphatic carbocycles. The summed E-state index contributed by atoms with van der Waals surface area (Å²) in [4.78, 5) is 8.08. The van der Waals surface area contributed by atoms with Crippen molar-refractivity contribution in [2.45, 2.75) is 13.0 Å². The Morgan fingerprint density at radius 2 is 2.11 bits per heavy atom. The smallest absolute Gasteiger partial charge is 0.237 e. The zero-order chi connectivity index (χ0) is 13.5. The number of para-hydroxylation sites is 1. The highest BCUT2D eigenvalue weighted by molar-refractivity contribution is 5.33. The van der Waals surface area contributed by atoms with Crippen LogP contribution in [0.4, 0.5) is 5.95 Å². The number of benzene rings is 1. The van der Waals surface area contributed by atoms with Crippen LogP contribution in [0, 0.1) is 0 Å². The van der Waals surface area contributed by atoms with Crippen molar-refractivity contribution in [1.82, 2.24) is 9.97 Å². The highest BCUT2D eigenvalue weighted by Crippen LogP contribution is 2.19. The molecule has 0 saturated carbocycles. The van der Waals surface area contributed by atoms with Crippen LogP contribution in [0.15, 0.2) is 36.5 Å². The van der Waals surface area contributed by atoms with Crippen LogP contribution in [0.1, 0.15) is 11.3 Å². The first-order valence-corrected chi connectivity index (χ1v) is 5.93. The van der Waals surface area contributed by atoms with Crippen LogP contribution in [0.2, 0.25) is 0 Å². The topological polar surface area (TPSA) is 93.3 Å². The fourth-order valence-corrected chi connectivity index (χ4v) is 1.67. The predicted octanol–water partition coefficient (Wildman–Crippen LogP) is 0.876. The molecule has 0 bridgehead atoms. The van der Waals surface area contributed by atoms with Gasteiger partial charge in [-0.2, -0.15) is 0 Å². The third-order valence-electron chi connectivity index (χ3n) is 2.57. The number of rotatable bonds is 6. The Labute approximate surface area is 111 Å². The number of ether oxygens (including phenoxy) is 1. The molecule has 6 nitrogen and oxygen atoms in total. The maximum atomic E-state index is 9.00. The van der Waals surface area contributed by atoms with Gasteiger partial charge in [0.2, 0.25) is 5.95 Å². The number of aliphatic hydroxyl groups is 1. The van der Waals surface area contributed by atoms with Gasteiger partial charge in [0.25, 0.3) is 0 Å². The molecule has 100 valence electrons. The lowest BCUT2D eigenvalue weighted by Crippen LogP contribution is -2.11. The third-order valence-corrected chi connectivity index (χ3v) is 2.57. The van der Waals surface area contributed by atoms with E-state index < -0.39 is 0 Å². The second-order valence-corrected chi connectivity index (χ2v) is 3.89. The molecule has 2 rings (SSSR count). The zero-order valence-corrected chi connectivity index (χ0v) is 10.4. The quantitative estimate of drug-likeness (QED) is 0.527. The lowest BCUT2D eigenvalue weighted by atomic mass is 10.1. The highest BCUT2D eigenvalue weighted by atomic mass is 16.5. The Kier molecular flexibility index (Phi) is 4.66. The summed E-state index contributed by atoms with van der Waals surface area (Å²) in [5.41, 5.74) is 4.08. The van der Waals surface area contributed by atoms with Crippen molar-refractivity contribution in [1.29, 1.82) is 0 Å². The van der Waals surface area contributed by atoms with Crippen molar-refractivity contribution >= 4 is 5.95 Å². The molecule has 19 heavy (non-hydrogen) atoms. The van der Waals surface area contributed by atoms with Crippen LogP contribution in [-0.2, 0) is 13.0 Å². The van der Waals surface area contributed by atoms with Gasteiger partial charge in [-0.1, -0.05) is 18.2 Å². The van der Waals surface area contributed by atoms with Gasteiger partial charge in [0.1, 0.15) is 12.4 Å². The van der Waals surface area contributed by atoms with Crippen LogP contribution < -0.4 is 16.0 Å². The number of hydrogen-bond acceptors (Lipinski definition) is 6. The minimum absolute atomic E-state index is 0.0924. The van der Waals surface area contributed by atoms with E-state index in [4.69, 9.17) is 15.7 Å². The van der Waals surface area contributed by atoms with Gasteiger partial charge in [-0.05, 0) is 24.1 Å². The Morgan fingerprint density at radius 1 is 1.26 bits per heavy atom. The first-order chi connectivity index (χ1) is 9.33. The minimum atomic E-state index is 0.0924. The van der Waals surface area contributed by atoms with Gasteiger partial charge in [0.05, 0.1) is 5.69 Å². The van der Waals surface area contributed by atoms with Crippen LogP contribution in [0.25, 0.3) is 0 Å². The van der Waals surface area contributed by atoms with Crippen molar-refractivity contribution < 1.29 is 9.84 Å². The summed E-state index contributed by atoms with van der Waals surface area (Å²) in [5.74, 6) is 6.35. The fourth-order valence-electron chi connectivity index (χ4n) is 1.67. The standard InChI is InChI=1S/C13H16N4O2/c14-17-13-15-7-5-11(16-13)9-19-12-4-2-1-3-10(12)6-8-18/h1-5,7,18H,6,8-9,14H2,(H,15,16,17). The van der Waals surface area contributed by atoms with Gasteiger partial charge in [-0.15, -0.1) is 0 Å². The van der Waals surface area contributed by atoms with Crippen molar-refractivity contribution in [3.05, 3.63) is 47.8 Å². The molecule has 4 N–H and O–H groups in total. The summed E-state index contributed by atoms with van der Waals surface area (Å²) in [6.45, 7) is 0.411. The lowest BCUT2D eigenvalue weighted by Gasteiger charge is -2.10.